The van der Waals surface area contributed by atoms with Crippen LogP contribution in [0, 0.1) is 11.6 Å². The molecular formula is C15H14F2O3. The maximum absolute atomic E-state index is 13.7. The van der Waals surface area contributed by atoms with Crippen LogP contribution in [0.1, 0.15) is 11.1 Å². The maximum Gasteiger partial charge on any atom is 0.165 e. The summed E-state index contributed by atoms with van der Waals surface area (Å²) in [7, 11) is 1.45. The fourth-order valence-corrected chi connectivity index (χ4v) is 1.69. The molecule has 0 aliphatic carbocycles. The molecule has 0 aromatic heterocycles. The minimum absolute atomic E-state index is 0.0115. The lowest BCUT2D eigenvalue weighted by Gasteiger charge is -2.09. The minimum Gasteiger partial charge on any atom is -0.497 e. The van der Waals surface area contributed by atoms with Crippen LogP contribution in [-0.4, -0.2) is 12.2 Å². The van der Waals surface area contributed by atoms with Crippen LogP contribution < -0.4 is 9.47 Å². The molecule has 2 rings (SSSR count). The molecule has 0 heterocycles. The van der Waals surface area contributed by atoms with Crippen LogP contribution in [0.4, 0.5) is 8.78 Å². The Labute approximate surface area is 115 Å². The third-order valence-corrected chi connectivity index (χ3v) is 2.82. The van der Waals surface area contributed by atoms with Gasteiger partial charge >= 0.3 is 0 Å². The van der Waals surface area contributed by atoms with E-state index in [4.69, 9.17) is 14.6 Å². The Hall–Kier alpha value is -2.14. The number of aliphatic hydroxyl groups is 1. The van der Waals surface area contributed by atoms with E-state index in [1.807, 2.05) is 0 Å². The molecular weight excluding hydrogens is 266 g/mol. The monoisotopic (exact) mass is 280 g/mol. The molecule has 1 N–H and O–H groups in total. The maximum atomic E-state index is 13.7. The summed E-state index contributed by atoms with van der Waals surface area (Å²) in [6.07, 6.45) is 0. The van der Waals surface area contributed by atoms with Gasteiger partial charge in [0, 0.05) is 11.6 Å². The van der Waals surface area contributed by atoms with Gasteiger partial charge in [-0.25, -0.2) is 8.78 Å². The van der Waals surface area contributed by atoms with E-state index >= 15 is 0 Å². The molecule has 0 unspecified atom stereocenters. The molecule has 106 valence electrons. The van der Waals surface area contributed by atoms with E-state index in [2.05, 4.69) is 0 Å². The first-order chi connectivity index (χ1) is 9.63. The summed E-state index contributed by atoms with van der Waals surface area (Å²) in [5.41, 5.74) is 0.752. The van der Waals surface area contributed by atoms with Gasteiger partial charge in [-0.2, -0.15) is 0 Å². The standard InChI is InChI=1S/C15H14F2O3/c1-19-12-4-3-11(13(16)7-12)9-20-15-5-2-10(8-18)6-14(15)17/h2-7,18H,8-9H2,1H3. The molecule has 2 aromatic carbocycles. The average molecular weight is 280 g/mol. The number of methoxy groups -OCH3 is 1. The molecule has 0 spiro atoms. The second-order valence-corrected chi connectivity index (χ2v) is 4.17. The Bertz CT molecular complexity index is 546. The average Bonchev–Trinajstić information content (AvgIpc) is 2.46. The van der Waals surface area contributed by atoms with Crippen LogP contribution in [0.3, 0.4) is 0 Å². The Morgan fingerprint density at radius 3 is 2.45 bits per heavy atom. The van der Waals surface area contributed by atoms with Crippen molar-refractivity contribution in [3.05, 3.63) is 59.2 Å². The summed E-state index contributed by atoms with van der Waals surface area (Å²) in [6, 6.07) is 8.50. The summed E-state index contributed by atoms with van der Waals surface area (Å²) >= 11 is 0. The SMILES string of the molecule is COc1ccc(COc2ccc(CO)cc2F)c(F)c1. The number of aliphatic hydroxyl groups excluding tert-OH is 1. The summed E-state index contributed by atoms with van der Waals surface area (Å²) in [6.45, 7) is -0.338. The highest BCUT2D eigenvalue weighted by Crippen LogP contribution is 2.22. The molecule has 0 fully saturated rings. The van der Waals surface area contributed by atoms with Gasteiger partial charge in [0.05, 0.1) is 13.7 Å². The van der Waals surface area contributed by atoms with E-state index in [1.165, 1.54) is 31.4 Å². The number of benzene rings is 2. The van der Waals surface area contributed by atoms with Crippen molar-refractivity contribution in [1.29, 1.82) is 0 Å². The topological polar surface area (TPSA) is 38.7 Å². The summed E-state index contributed by atoms with van der Waals surface area (Å²) < 4.78 is 37.4. The van der Waals surface area contributed by atoms with Gasteiger partial charge in [0.15, 0.2) is 11.6 Å². The van der Waals surface area contributed by atoms with E-state index in [0.29, 0.717) is 16.9 Å². The summed E-state index contributed by atoms with van der Waals surface area (Å²) in [4.78, 5) is 0. The highest BCUT2D eigenvalue weighted by atomic mass is 19.1. The van der Waals surface area contributed by atoms with Crippen LogP contribution in [-0.2, 0) is 13.2 Å². The van der Waals surface area contributed by atoms with Crippen molar-refractivity contribution in [1.82, 2.24) is 0 Å². The van der Waals surface area contributed by atoms with E-state index < -0.39 is 11.6 Å². The van der Waals surface area contributed by atoms with Crippen molar-refractivity contribution < 1.29 is 23.4 Å². The van der Waals surface area contributed by atoms with Crippen molar-refractivity contribution in [3.8, 4) is 11.5 Å². The molecule has 3 nitrogen and oxygen atoms in total. The van der Waals surface area contributed by atoms with Crippen LogP contribution in [0.5, 0.6) is 11.5 Å². The number of ether oxygens (including phenoxy) is 2. The smallest absolute Gasteiger partial charge is 0.165 e. The van der Waals surface area contributed by atoms with Crippen molar-refractivity contribution in [2.24, 2.45) is 0 Å². The van der Waals surface area contributed by atoms with Gasteiger partial charge in [-0.1, -0.05) is 6.07 Å². The molecule has 0 atom stereocenters. The molecule has 0 bridgehead atoms. The molecule has 0 aliphatic rings. The summed E-state index contributed by atoms with van der Waals surface area (Å²) in [5, 5.41) is 8.88. The highest BCUT2D eigenvalue weighted by molar-refractivity contribution is 5.31. The Morgan fingerprint density at radius 1 is 1.05 bits per heavy atom. The van der Waals surface area contributed by atoms with Gasteiger partial charge in [0.1, 0.15) is 18.2 Å². The fraction of sp³-hybridized carbons (Fsp3) is 0.200. The third kappa shape index (κ3) is 3.24. The lowest BCUT2D eigenvalue weighted by atomic mass is 10.2. The number of halogens is 2. The zero-order valence-corrected chi connectivity index (χ0v) is 10.9. The highest BCUT2D eigenvalue weighted by Gasteiger charge is 2.08. The van der Waals surface area contributed by atoms with Gasteiger partial charge in [-0.05, 0) is 29.8 Å². The van der Waals surface area contributed by atoms with E-state index in [0.717, 1.165) is 0 Å². The first-order valence-electron chi connectivity index (χ1n) is 5.98. The first-order valence-corrected chi connectivity index (χ1v) is 5.98. The van der Waals surface area contributed by atoms with E-state index in [-0.39, 0.29) is 19.0 Å². The van der Waals surface area contributed by atoms with E-state index in [1.54, 1.807) is 12.1 Å². The van der Waals surface area contributed by atoms with Gasteiger partial charge < -0.3 is 14.6 Å². The minimum atomic E-state index is -0.592. The zero-order valence-electron chi connectivity index (χ0n) is 10.9. The van der Waals surface area contributed by atoms with Gasteiger partial charge in [0.2, 0.25) is 0 Å². The molecule has 2 aromatic rings. The second kappa shape index (κ2) is 6.34. The predicted octanol–water partition coefficient (Wildman–Crippen LogP) is 3.04. The fourth-order valence-electron chi connectivity index (χ4n) is 1.69. The van der Waals surface area contributed by atoms with Crippen LogP contribution in [0.25, 0.3) is 0 Å². The van der Waals surface area contributed by atoms with Crippen molar-refractivity contribution in [2.75, 3.05) is 7.11 Å². The van der Waals surface area contributed by atoms with Gasteiger partial charge in [-0.3, -0.25) is 0 Å². The molecule has 0 radical (unpaired) electrons. The molecule has 20 heavy (non-hydrogen) atoms. The lowest BCUT2D eigenvalue weighted by molar-refractivity contribution is 0.275. The zero-order chi connectivity index (χ0) is 14.5. The van der Waals surface area contributed by atoms with Crippen LogP contribution >= 0.6 is 0 Å². The third-order valence-electron chi connectivity index (χ3n) is 2.82. The molecule has 0 saturated heterocycles. The second-order valence-electron chi connectivity index (χ2n) is 4.17. The van der Waals surface area contributed by atoms with Crippen molar-refractivity contribution in [3.63, 3.8) is 0 Å². The number of hydrogen-bond donors (Lipinski definition) is 1. The number of rotatable bonds is 5. The molecule has 5 heteroatoms. The first kappa shape index (κ1) is 14.3. The largest absolute Gasteiger partial charge is 0.497 e. The van der Waals surface area contributed by atoms with Gasteiger partial charge in [-0.15, -0.1) is 0 Å². The van der Waals surface area contributed by atoms with Crippen molar-refractivity contribution >= 4 is 0 Å². The van der Waals surface area contributed by atoms with E-state index in [9.17, 15) is 8.78 Å². The van der Waals surface area contributed by atoms with Gasteiger partial charge in [0.25, 0.3) is 0 Å². The molecule has 0 saturated carbocycles. The van der Waals surface area contributed by atoms with Crippen LogP contribution in [0.15, 0.2) is 36.4 Å². The molecule has 0 amide bonds. The molecule has 0 aliphatic heterocycles. The Morgan fingerprint density at radius 2 is 1.85 bits per heavy atom. The van der Waals surface area contributed by atoms with Crippen molar-refractivity contribution in [2.45, 2.75) is 13.2 Å². The normalized spacial score (nSPS) is 10.4. The summed E-state index contributed by atoms with van der Waals surface area (Å²) in [5.74, 6) is -0.649. The Kier molecular flexibility index (Phi) is 4.53. The Balaban J connectivity index is 2.09. The quantitative estimate of drug-likeness (QED) is 0.915. The predicted molar refractivity (Wildman–Crippen MR) is 69.6 cm³/mol. The lowest BCUT2D eigenvalue weighted by Crippen LogP contribution is -2.01. The number of hydrogen-bond acceptors (Lipinski definition) is 3. The van der Waals surface area contributed by atoms with Crippen LogP contribution in [0.2, 0.25) is 0 Å².